The van der Waals surface area contributed by atoms with E-state index in [9.17, 15) is 25.5 Å². The third kappa shape index (κ3) is 7.12. The summed E-state index contributed by atoms with van der Waals surface area (Å²) in [6.07, 6.45) is 18.0. The second-order valence-corrected chi connectivity index (χ2v) is 20.0. The molecule has 0 aromatic heterocycles. The van der Waals surface area contributed by atoms with Gasteiger partial charge in [0.15, 0.2) is 11.5 Å². The van der Waals surface area contributed by atoms with Gasteiger partial charge in [0.05, 0.1) is 5.56 Å². The molecule has 0 radical (unpaired) electrons. The largest absolute Gasteiger partial charge is 0.504 e. The number of aromatic hydroxyl groups is 5. The number of benzene rings is 9. The van der Waals surface area contributed by atoms with Gasteiger partial charge in [-0.1, -0.05) is 193 Å². The fraction of sp³-hybridized carbons (Fsp3) is 0.219. The summed E-state index contributed by atoms with van der Waals surface area (Å²) >= 11 is 0. The van der Waals surface area contributed by atoms with E-state index < -0.39 is 28.7 Å². The van der Waals surface area contributed by atoms with Crippen molar-refractivity contribution in [3.8, 4) is 73.3 Å². The van der Waals surface area contributed by atoms with Crippen LogP contribution in [0.2, 0.25) is 0 Å². The predicted octanol–water partition coefficient (Wildman–Crippen LogP) is 16.9. The van der Waals surface area contributed by atoms with E-state index >= 15 is 0 Å². The van der Waals surface area contributed by atoms with Crippen LogP contribution in [-0.2, 0) is 12.8 Å². The summed E-state index contributed by atoms with van der Waals surface area (Å²) in [5.74, 6) is -3.27. The molecule has 0 fully saturated rings. The van der Waals surface area contributed by atoms with E-state index in [4.69, 9.17) is 0 Å². The van der Waals surface area contributed by atoms with Crippen LogP contribution in [0.1, 0.15) is 82.1 Å². The van der Waals surface area contributed by atoms with Crippen molar-refractivity contribution in [1.29, 1.82) is 0 Å². The van der Waals surface area contributed by atoms with Gasteiger partial charge in [0, 0.05) is 5.56 Å². The molecule has 0 saturated carbocycles. The quantitative estimate of drug-likeness (QED) is 0.0407. The van der Waals surface area contributed by atoms with Crippen LogP contribution in [0.3, 0.4) is 0 Å². The Balaban J connectivity index is 1.11. The SMILES string of the molecule is CCCCCC(CC)C1(C)C=Cc2c(c(-c3ccc4cc(-c5c6ccccc6c(-c6c(O)c(O)c(O)c(O)c6O)c6ccccc56)ccc4c3)c3c(c2-c2cccc4ccccc24)C=CC(C)C3)C1. The lowest BCUT2D eigenvalue weighted by molar-refractivity contribution is 0.223. The van der Waals surface area contributed by atoms with Gasteiger partial charge >= 0.3 is 0 Å². The first-order chi connectivity index (χ1) is 33.5. The van der Waals surface area contributed by atoms with Crippen molar-refractivity contribution in [3.05, 3.63) is 162 Å². The van der Waals surface area contributed by atoms with Crippen LogP contribution in [0.25, 0.3) is 99.7 Å². The van der Waals surface area contributed by atoms with E-state index in [-0.39, 0.29) is 11.0 Å². The highest BCUT2D eigenvalue weighted by atomic mass is 16.4. The maximum absolute atomic E-state index is 11.2. The first-order valence-electron chi connectivity index (χ1n) is 24.8. The maximum atomic E-state index is 11.2. The monoisotopic (exact) mass is 906 g/mol. The number of fused-ring (bicyclic) bond motifs is 6. The van der Waals surface area contributed by atoms with Crippen molar-refractivity contribution >= 4 is 55.2 Å². The van der Waals surface area contributed by atoms with Crippen LogP contribution in [0.4, 0.5) is 0 Å². The number of allylic oxidation sites excluding steroid dienone is 2. The minimum Gasteiger partial charge on any atom is -0.504 e. The third-order valence-electron chi connectivity index (χ3n) is 15.7. The fourth-order valence-electron chi connectivity index (χ4n) is 12.2. The first kappa shape index (κ1) is 44.0. The second kappa shape index (κ2) is 17.2. The molecule has 69 heavy (non-hydrogen) atoms. The number of phenolic OH excluding ortho intramolecular Hbond substituents is 5. The molecule has 344 valence electrons. The Hall–Kier alpha value is -7.50. The molecule has 2 aliphatic rings. The molecule has 3 atom stereocenters. The number of phenols is 5. The lowest BCUT2D eigenvalue weighted by atomic mass is 9.63. The lowest BCUT2D eigenvalue weighted by Gasteiger charge is -2.40. The van der Waals surface area contributed by atoms with E-state index in [0.29, 0.717) is 28.2 Å². The van der Waals surface area contributed by atoms with Gasteiger partial charge in [-0.3, -0.25) is 0 Å². The normalized spacial score (nSPS) is 16.9. The Morgan fingerprint density at radius 3 is 1.70 bits per heavy atom. The van der Waals surface area contributed by atoms with Gasteiger partial charge < -0.3 is 25.5 Å². The molecule has 9 aromatic carbocycles. The molecule has 5 N–H and O–H groups in total. The van der Waals surface area contributed by atoms with Crippen LogP contribution in [0, 0.1) is 17.3 Å². The smallest absolute Gasteiger partial charge is 0.208 e. The minimum absolute atomic E-state index is 0.0119. The van der Waals surface area contributed by atoms with E-state index in [1.807, 2.05) is 48.5 Å². The van der Waals surface area contributed by atoms with Crippen LogP contribution >= 0.6 is 0 Å². The van der Waals surface area contributed by atoms with E-state index in [0.717, 1.165) is 51.9 Å². The number of hydrogen-bond donors (Lipinski definition) is 5. The van der Waals surface area contributed by atoms with Crippen LogP contribution in [0.5, 0.6) is 28.7 Å². The van der Waals surface area contributed by atoms with Gasteiger partial charge in [0.25, 0.3) is 0 Å². The summed E-state index contributed by atoms with van der Waals surface area (Å²) in [7, 11) is 0. The van der Waals surface area contributed by atoms with Crippen LogP contribution in [-0.4, -0.2) is 25.5 Å². The average molecular weight is 907 g/mol. The summed E-state index contributed by atoms with van der Waals surface area (Å²) in [4.78, 5) is 0. The molecular formula is C64H58O5. The van der Waals surface area contributed by atoms with Gasteiger partial charge in [0.1, 0.15) is 0 Å². The summed E-state index contributed by atoms with van der Waals surface area (Å²) in [5.41, 5.74) is 13.1. The molecule has 5 heteroatoms. The molecule has 3 unspecified atom stereocenters. The molecule has 0 amide bonds. The zero-order chi connectivity index (χ0) is 47.7. The Bertz CT molecular complexity index is 3520. The number of unbranched alkanes of at least 4 members (excludes halogenated alkanes) is 2. The standard InChI is InChI=1S/C64H58O5/c1-5-7-8-18-43(6-2)64(4)32-31-51-53(36-64)55(52-33-37(3)25-30-50(52)56(51)45-24-15-17-38-16-9-10-19-44(38)45)42-29-27-39-34-41(28-26-40(39)35-42)54-46-20-11-13-22-48(46)57(49-23-14-12-21-47(49)54)58-59(65)61(67)63(69)62(68)60(58)66/h9-17,19-32,34-35,37,43,65-69H,5-8,18,33,36H2,1-4H3. The third-order valence-corrected chi connectivity index (χ3v) is 15.7. The number of hydrogen-bond acceptors (Lipinski definition) is 5. The van der Waals surface area contributed by atoms with E-state index in [1.165, 1.54) is 81.0 Å². The Morgan fingerprint density at radius 1 is 0.522 bits per heavy atom. The van der Waals surface area contributed by atoms with Crippen molar-refractivity contribution < 1.29 is 25.5 Å². The van der Waals surface area contributed by atoms with Crippen molar-refractivity contribution in [2.45, 2.75) is 72.6 Å². The van der Waals surface area contributed by atoms with Crippen molar-refractivity contribution in [2.24, 2.45) is 17.3 Å². The van der Waals surface area contributed by atoms with Gasteiger partial charge in [0.2, 0.25) is 17.2 Å². The molecule has 0 aliphatic heterocycles. The van der Waals surface area contributed by atoms with Gasteiger partial charge in [-0.15, -0.1) is 0 Å². The van der Waals surface area contributed by atoms with Crippen LogP contribution < -0.4 is 0 Å². The van der Waals surface area contributed by atoms with Crippen molar-refractivity contribution in [1.82, 2.24) is 0 Å². The predicted molar refractivity (Wildman–Crippen MR) is 287 cm³/mol. The zero-order valence-corrected chi connectivity index (χ0v) is 39.8. The molecule has 9 aromatic rings. The van der Waals surface area contributed by atoms with Gasteiger partial charge in [-0.25, -0.2) is 0 Å². The number of rotatable bonds is 10. The topological polar surface area (TPSA) is 101 Å². The summed E-state index contributed by atoms with van der Waals surface area (Å²) in [6, 6.07) is 44.8. The van der Waals surface area contributed by atoms with E-state index in [1.54, 1.807) is 0 Å². The molecule has 0 bridgehead atoms. The maximum Gasteiger partial charge on any atom is 0.208 e. The highest BCUT2D eigenvalue weighted by molar-refractivity contribution is 6.23. The molecule has 2 aliphatic carbocycles. The Morgan fingerprint density at radius 2 is 1.07 bits per heavy atom. The van der Waals surface area contributed by atoms with Crippen molar-refractivity contribution in [2.75, 3.05) is 0 Å². The highest BCUT2D eigenvalue weighted by Gasteiger charge is 2.38. The Labute approximate surface area is 404 Å². The van der Waals surface area contributed by atoms with Gasteiger partial charge in [-0.2, -0.15) is 0 Å². The minimum atomic E-state index is -0.986. The molecular weight excluding hydrogens is 849 g/mol. The molecule has 0 spiro atoms. The van der Waals surface area contributed by atoms with Gasteiger partial charge in [-0.05, 0) is 147 Å². The molecule has 0 saturated heterocycles. The highest BCUT2D eigenvalue weighted by Crippen LogP contribution is 2.58. The molecule has 5 nitrogen and oxygen atoms in total. The zero-order valence-electron chi connectivity index (χ0n) is 39.8. The van der Waals surface area contributed by atoms with Crippen LogP contribution in [0.15, 0.2) is 140 Å². The Kier molecular flexibility index (Phi) is 11.0. The van der Waals surface area contributed by atoms with E-state index in [2.05, 4.69) is 131 Å². The summed E-state index contributed by atoms with van der Waals surface area (Å²) in [5, 5.41) is 61.9. The summed E-state index contributed by atoms with van der Waals surface area (Å²) < 4.78 is 0. The van der Waals surface area contributed by atoms with Crippen molar-refractivity contribution in [3.63, 3.8) is 0 Å². The lowest BCUT2D eigenvalue weighted by Crippen LogP contribution is -2.30. The first-order valence-corrected chi connectivity index (χ1v) is 24.8. The molecule has 11 rings (SSSR count). The molecule has 0 heterocycles. The summed E-state index contributed by atoms with van der Waals surface area (Å²) in [6.45, 7) is 9.54. The second-order valence-electron chi connectivity index (χ2n) is 20.0. The fourth-order valence-corrected chi connectivity index (χ4v) is 12.2. The average Bonchev–Trinajstić information content (AvgIpc) is 3.37.